The van der Waals surface area contributed by atoms with Crippen LogP contribution in [-0.2, 0) is 6.54 Å². The Labute approximate surface area is 172 Å². The topological polar surface area (TPSA) is 103 Å². The molecule has 3 aromatic rings. The Hall–Kier alpha value is -3.00. The number of piperidine rings is 1. The van der Waals surface area contributed by atoms with Crippen LogP contribution in [0.2, 0.25) is 5.02 Å². The number of carbonyl (C=O) groups excluding carboxylic acids is 2. The van der Waals surface area contributed by atoms with Crippen molar-refractivity contribution < 1.29 is 14.1 Å². The molecule has 0 aliphatic carbocycles. The first-order chi connectivity index (χ1) is 14.0. The van der Waals surface area contributed by atoms with Crippen LogP contribution in [0.1, 0.15) is 34.6 Å². The predicted molar refractivity (Wildman–Crippen MR) is 109 cm³/mol. The molecule has 8 nitrogen and oxygen atoms in total. The van der Waals surface area contributed by atoms with E-state index < -0.39 is 0 Å². The minimum atomic E-state index is -0.265. The average Bonchev–Trinajstić information content (AvgIpc) is 3.31. The summed E-state index contributed by atoms with van der Waals surface area (Å²) in [6, 6.07) is 7.19. The van der Waals surface area contributed by atoms with Crippen molar-refractivity contribution in [3.8, 4) is 0 Å². The third-order valence-corrected chi connectivity index (χ3v) is 5.31. The number of aromatic amines is 1. The summed E-state index contributed by atoms with van der Waals surface area (Å²) in [6.07, 6.45) is 3.09. The Morgan fingerprint density at radius 3 is 3.03 bits per heavy atom. The predicted octanol–water partition coefficient (Wildman–Crippen LogP) is 3.22. The summed E-state index contributed by atoms with van der Waals surface area (Å²) in [5.41, 5.74) is 2.90. The smallest absolute Gasteiger partial charge is 0.315 e. The van der Waals surface area contributed by atoms with Gasteiger partial charge in [-0.15, -0.1) is 0 Å². The second-order valence-corrected chi connectivity index (χ2v) is 7.73. The average molecular weight is 416 g/mol. The third kappa shape index (κ3) is 4.37. The number of H-pyrrole nitrogens is 1. The van der Waals surface area contributed by atoms with Crippen molar-refractivity contribution in [3.05, 3.63) is 52.5 Å². The number of urea groups is 1. The normalized spacial score (nSPS) is 16.8. The van der Waals surface area contributed by atoms with Gasteiger partial charge < -0.3 is 25.0 Å². The number of aryl methyl sites for hydroxylation is 1. The van der Waals surface area contributed by atoms with E-state index in [1.807, 2.05) is 24.3 Å². The van der Waals surface area contributed by atoms with E-state index in [1.54, 1.807) is 11.8 Å². The third-order valence-electron chi connectivity index (χ3n) is 5.07. The first-order valence-corrected chi connectivity index (χ1v) is 9.89. The number of benzene rings is 1. The standard InChI is InChI=1S/C20H22ClN5O3/c1-12-11-29-25-18(12)19(27)26-6-2-3-15(10-26)24-20(28)22-9-16-8-13-7-14(21)4-5-17(13)23-16/h4-5,7-8,11,15,23H,2-3,6,9-10H2,1H3,(H2,22,24,28)/t15-/m1/s1. The van der Waals surface area contributed by atoms with Gasteiger partial charge in [0.25, 0.3) is 5.91 Å². The first kappa shape index (κ1) is 19.3. The molecule has 3 N–H and O–H groups in total. The Kier molecular flexibility index (Phi) is 5.44. The molecule has 152 valence electrons. The molecule has 0 radical (unpaired) electrons. The molecular formula is C20H22ClN5O3. The molecule has 9 heteroatoms. The van der Waals surface area contributed by atoms with Crippen LogP contribution in [0.3, 0.4) is 0 Å². The van der Waals surface area contributed by atoms with Crippen molar-refractivity contribution in [2.75, 3.05) is 13.1 Å². The van der Waals surface area contributed by atoms with Gasteiger partial charge in [0, 0.05) is 46.3 Å². The maximum atomic E-state index is 12.6. The molecule has 1 aliphatic heterocycles. The lowest BCUT2D eigenvalue weighted by atomic mass is 10.1. The van der Waals surface area contributed by atoms with Crippen molar-refractivity contribution >= 4 is 34.4 Å². The van der Waals surface area contributed by atoms with Crippen LogP contribution in [0.5, 0.6) is 0 Å². The highest BCUT2D eigenvalue weighted by Crippen LogP contribution is 2.20. The number of fused-ring (bicyclic) bond motifs is 1. The summed E-state index contributed by atoms with van der Waals surface area (Å²) in [4.78, 5) is 29.9. The molecule has 0 saturated carbocycles. The molecule has 3 amide bonds. The molecule has 29 heavy (non-hydrogen) atoms. The zero-order chi connectivity index (χ0) is 20.4. The van der Waals surface area contributed by atoms with Gasteiger partial charge in [-0.25, -0.2) is 4.79 Å². The summed E-state index contributed by atoms with van der Waals surface area (Å²) in [5.74, 6) is -0.167. The van der Waals surface area contributed by atoms with Crippen LogP contribution >= 0.6 is 11.6 Å². The zero-order valence-electron chi connectivity index (χ0n) is 16.0. The highest BCUT2D eigenvalue weighted by molar-refractivity contribution is 6.31. The van der Waals surface area contributed by atoms with E-state index in [1.165, 1.54) is 6.26 Å². The number of carbonyl (C=O) groups is 2. The van der Waals surface area contributed by atoms with Crippen LogP contribution in [0.25, 0.3) is 10.9 Å². The highest BCUT2D eigenvalue weighted by atomic mass is 35.5. The van der Waals surface area contributed by atoms with Gasteiger partial charge >= 0.3 is 6.03 Å². The molecule has 1 atom stereocenters. The number of nitrogens with one attached hydrogen (secondary N) is 3. The van der Waals surface area contributed by atoms with E-state index in [9.17, 15) is 9.59 Å². The van der Waals surface area contributed by atoms with E-state index in [0.29, 0.717) is 35.9 Å². The second-order valence-electron chi connectivity index (χ2n) is 7.29. The SMILES string of the molecule is Cc1conc1C(=O)N1CCC[C@@H](NC(=O)NCc2cc3cc(Cl)ccc3[nH]2)C1. The Morgan fingerprint density at radius 2 is 2.24 bits per heavy atom. The number of likely N-dealkylation sites (tertiary alicyclic amines) is 1. The van der Waals surface area contributed by atoms with Crippen LogP contribution in [0, 0.1) is 6.92 Å². The van der Waals surface area contributed by atoms with Gasteiger partial charge in [0.1, 0.15) is 6.26 Å². The molecule has 0 spiro atoms. The van der Waals surface area contributed by atoms with Crippen LogP contribution in [0.15, 0.2) is 35.1 Å². The maximum Gasteiger partial charge on any atom is 0.315 e. The monoisotopic (exact) mass is 415 g/mol. The molecule has 3 heterocycles. The van der Waals surface area contributed by atoms with Gasteiger partial charge in [-0.05, 0) is 44.0 Å². The minimum absolute atomic E-state index is 0.110. The summed E-state index contributed by atoms with van der Waals surface area (Å²) in [6.45, 7) is 3.24. The Morgan fingerprint density at radius 1 is 1.38 bits per heavy atom. The minimum Gasteiger partial charge on any atom is -0.364 e. The van der Waals surface area contributed by atoms with Crippen LogP contribution in [-0.4, -0.2) is 46.1 Å². The number of aromatic nitrogens is 2. The number of hydrogen-bond donors (Lipinski definition) is 3. The lowest BCUT2D eigenvalue weighted by Crippen LogP contribution is -2.51. The fraction of sp³-hybridized carbons (Fsp3) is 0.350. The fourth-order valence-electron chi connectivity index (χ4n) is 3.59. The van der Waals surface area contributed by atoms with E-state index in [0.717, 1.165) is 29.4 Å². The number of hydrogen-bond acceptors (Lipinski definition) is 4. The number of nitrogens with zero attached hydrogens (tertiary/aromatic N) is 2. The van der Waals surface area contributed by atoms with E-state index in [4.69, 9.17) is 16.1 Å². The van der Waals surface area contributed by atoms with Gasteiger partial charge in [0.15, 0.2) is 5.69 Å². The van der Waals surface area contributed by atoms with E-state index in [-0.39, 0.29) is 18.0 Å². The van der Waals surface area contributed by atoms with E-state index >= 15 is 0 Å². The maximum absolute atomic E-state index is 12.6. The van der Waals surface area contributed by atoms with Gasteiger partial charge in [-0.3, -0.25) is 4.79 Å². The fourth-order valence-corrected chi connectivity index (χ4v) is 3.77. The van der Waals surface area contributed by atoms with Crippen molar-refractivity contribution in [1.82, 2.24) is 25.7 Å². The molecule has 1 saturated heterocycles. The van der Waals surface area contributed by atoms with Gasteiger partial charge in [-0.1, -0.05) is 16.8 Å². The van der Waals surface area contributed by atoms with Crippen LogP contribution in [0.4, 0.5) is 4.79 Å². The van der Waals surface area contributed by atoms with Crippen molar-refractivity contribution in [3.63, 3.8) is 0 Å². The number of rotatable bonds is 4. The molecule has 4 rings (SSSR count). The van der Waals surface area contributed by atoms with Gasteiger partial charge in [0.2, 0.25) is 0 Å². The van der Waals surface area contributed by atoms with Crippen molar-refractivity contribution in [2.45, 2.75) is 32.4 Å². The highest BCUT2D eigenvalue weighted by Gasteiger charge is 2.27. The second kappa shape index (κ2) is 8.16. The summed E-state index contributed by atoms with van der Waals surface area (Å²) in [7, 11) is 0. The Bertz CT molecular complexity index is 1040. The number of halogens is 1. The zero-order valence-corrected chi connectivity index (χ0v) is 16.8. The van der Waals surface area contributed by atoms with Gasteiger partial charge in [0.05, 0.1) is 6.54 Å². The Balaban J connectivity index is 1.30. The molecule has 0 unspecified atom stereocenters. The lowest BCUT2D eigenvalue weighted by Gasteiger charge is -2.32. The summed E-state index contributed by atoms with van der Waals surface area (Å²) >= 11 is 6.01. The molecule has 2 aromatic heterocycles. The summed E-state index contributed by atoms with van der Waals surface area (Å²) in [5, 5.41) is 11.3. The van der Waals surface area contributed by atoms with Crippen LogP contribution < -0.4 is 10.6 Å². The summed E-state index contributed by atoms with van der Waals surface area (Å²) < 4.78 is 4.86. The molecule has 1 fully saturated rings. The molecular weight excluding hydrogens is 394 g/mol. The van der Waals surface area contributed by atoms with E-state index in [2.05, 4.69) is 20.8 Å². The quantitative estimate of drug-likeness (QED) is 0.608. The largest absolute Gasteiger partial charge is 0.364 e. The number of amides is 3. The van der Waals surface area contributed by atoms with Crippen molar-refractivity contribution in [1.29, 1.82) is 0 Å². The van der Waals surface area contributed by atoms with Gasteiger partial charge in [-0.2, -0.15) is 0 Å². The molecule has 1 aromatic carbocycles. The molecule has 0 bridgehead atoms. The lowest BCUT2D eigenvalue weighted by molar-refractivity contribution is 0.0686. The van der Waals surface area contributed by atoms with Crippen molar-refractivity contribution in [2.24, 2.45) is 0 Å². The first-order valence-electron chi connectivity index (χ1n) is 9.51. The molecule has 1 aliphatic rings.